The molecule has 7 heteroatoms. The van der Waals surface area contributed by atoms with Crippen molar-refractivity contribution in [1.82, 2.24) is 4.90 Å². The number of likely N-dealkylation sites (tertiary alicyclic amines) is 1. The first kappa shape index (κ1) is 22.3. The van der Waals surface area contributed by atoms with Crippen LogP contribution in [0.1, 0.15) is 52.3 Å². The molecule has 5 nitrogen and oxygen atoms in total. The lowest BCUT2D eigenvalue weighted by Crippen LogP contribution is -2.28. The second kappa shape index (κ2) is 8.92. The number of benzene rings is 1. The molecule has 32 heavy (non-hydrogen) atoms. The van der Waals surface area contributed by atoms with Crippen molar-refractivity contribution >= 4 is 40.1 Å². The number of carbonyl (C=O) groups is 2. The van der Waals surface area contributed by atoms with E-state index in [-0.39, 0.29) is 17.3 Å². The number of hydrogen-bond acceptors (Lipinski definition) is 6. The highest BCUT2D eigenvalue weighted by atomic mass is 32.1. The quantitative estimate of drug-likeness (QED) is 0.280. The van der Waals surface area contributed by atoms with E-state index in [1.807, 2.05) is 55.8 Å². The number of aliphatic hydroxyl groups excluding tert-OH is 1. The largest absolute Gasteiger partial charge is 0.507 e. The van der Waals surface area contributed by atoms with E-state index in [0.717, 1.165) is 26.6 Å². The van der Waals surface area contributed by atoms with Crippen molar-refractivity contribution in [2.45, 2.75) is 39.3 Å². The van der Waals surface area contributed by atoms with Crippen molar-refractivity contribution in [1.29, 1.82) is 0 Å². The third-order valence-corrected chi connectivity index (χ3v) is 7.65. The van der Waals surface area contributed by atoms with Crippen molar-refractivity contribution in [3.63, 3.8) is 0 Å². The van der Waals surface area contributed by atoms with E-state index >= 15 is 0 Å². The molecule has 0 radical (unpaired) electrons. The van der Waals surface area contributed by atoms with Crippen LogP contribution in [0.5, 0.6) is 5.75 Å². The van der Waals surface area contributed by atoms with Gasteiger partial charge in [0.2, 0.25) is 0 Å². The van der Waals surface area contributed by atoms with E-state index < -0.39 is 17.7 Å². The van der Waals surface area contributed by atoms with Gasteiger partial charge in [-0.05, 0) is 65.1 Å². The van der Waals surface area contributed by atoms with Crippen molar-refractivity contribution in [2.75, 3.05) is 7.11 Å². The number of methoxy groups -OCH3 is 1. The van der Waals surface area contributed by atoms with Crippen molar-refractivity contribution in [3.8, 4) is 5.75 Å². The molecule has 0 spiro atoms. The third kappa shape index (κ3) is 3.87. The molecule has 1 amide bonds. The van der Waals surface area contributed by atoms with Crippen LogP contribution in [-0.2, 0) is 16.1 Å². The third-order valence-electron chi connectivity index (χ3n) is 5.72. The first-order chi connectivity index (χ1) is 15.3. The Kier molecular flexibility index (Phi) is 6.22. The fourth-order valence-electron chi connectivity index (χ4n) is 4.04. The van der Waals surface area contributed by atoms with Gasteiger partial charge in [-0.2, -0.15) is 0 Å². The SMILES string of the molecule is COc1ccc(/C(O)=C2/C(=O)C(=O)N(Cc3cccs3)C2c2sccc2C)cc1C(C)C. The zero-order valence-electron chi connectivity index (χ0n) is 18.4. The fourth-order valence-corrected chi connectivity index (χ4v) is 5.79. The summed E-state index contributed by atoms with van der Waals surface area (Å²) in [7, 11) is 1.61. The molecule has 0 aliphatic carbocycles. The summed E-state index contributed by atoms with van der Waals surface area (Å²) in [5.41, 5.74) is 2.55. The molecular weight excluding hydrogens is 442 g/mol. The van der Waals surface area contributed by atoms with Gasteiger partial charge in [0.15, 0.2) is 0 Å². The molecule has 1 aliphatic heterocycles. The molecule has 4 rings (SSSR count). The van der Waals surface area contributed by atoms with Gasteiger partial charge in [-0.25, -0.2) is 0 Å². The predicted octanol–water partition coefficient (Wildman–Crippen LogP) is 5.87. The standard InChI is InChI=1S/C25H25NO4S2/c1-14(2)18-12-16(7-8-19(18)30-4)22(27)20-21(24-15(3)9-11-32-24)26(25(29)23(20)28)13-17-6-5-10-31-17/h5-12,14,21,27H,13H2,1-4H3/b22-20-. The van der Waals surface area contributed by atoms with Gasteiger partial charge in [0.1, 0.15) is 17.6 Å². The summed E-state index contributed by atoms with van der Waals surface area (Å²) < 4.78 is 5.45. The molecule has 1 atom stereocenters. The van der Waals surface area contributed by atoms with E-state index in [2.05, 4.69) is 0 Å². The first-order valence-electron chi connectivity index (χ1n) is 10.4. The Morgan fingerprint density at radius 2 is 1.94 bits per heavy atom. The summed E-state index contributed by atoms with van der Waals surface area (Å²) in [5, 5.41) is 15.2. The van der Waals surface area contributed by atoms with E-state index in [4.69, 9.17) is 4.74 Å². The maximum atomic E-state index is 13.2. The summed E-state index contributed by atoms with van der Waals surface area (Å²) in [6.45, 7) is 6.36. The van der Waals surface area contributed by atoms with Crippen LogP contribution in [0.3, 0.4) is 0 Å². The summed E-state index contributed by atoms with van der Waals surface area (Å²) in [4.78, 5) is 29.7. The zero-order chi connectivity index (χ0) is 23.0. The number of thiophene rings is 2. The molecule has 3 aromatic rings. The lowest BCUT2D eigenvalue weighted by atomic mass is 9.95. The van der Waals surface area contributed by atoms with Gasteiger partial charge in [0.25, 0.3) is 11.7 Å². The molecule has 0 saturated carbocycles. The van der Waals surface area contributed by atoms with Gasteiger partial charge in [-0.15, -0.1) is 22.7 Å². The average molecular weight is 468 g/mol. The van der Waals surface area contributed by atoms with Gasteiger partial charge >= 0.3 is 0 Å². The molecular formula is C25H25NO4S2. The number of hydrogen-bond donors (Lipinski definition) is 1. The van der Waals surface area contributed by atoms with Crippen LogP contribution in [0, 0.1) is 6.92 Å². The predicted molar refractivity (Wildman–Crippen MR) is 128 cm³/mol. The van der Waals surface area contributed by atoms with Crippen LogP contribution in [0.4, 0.5) is 0 Å². The summed E-state index contributed by atoms with van der Waals surface area (Å²) >= 11 is 3.03. The zero-order valence-corrected chi connectivity index (χ0v) is 20.0. The first-order valence-corrected chi connectivity index (χ1v) is 12.1. The number of carbonyl (C=O) groups excluding carboxylic acids is 2. The van der Waals surface area contributed by atoms with E-state index in [1.54, 1.807) is 24.1 Å². The number of aryl methyl sites for hydroxylation is 1. The van der Waals surface area contributed by atoms with Crippen LogP contribution >= 0.6 is 22.7 Å². The van der Waals surface area contributed by atoms with Gasteiger partial charge in [-0.3, -0.25) is 9.59 Å². The van der Waals surface area contributed by atoms with E-state index in [1.165, 1.54) is 22.7 Å². The van der Waals surface area contributed by atoms with Gasteiger partial charge in [0, 0.05) is 15.3 Å². The molecule has 1 unspecified atom stereocenters. The molecule has 1 saturated heterocycles. The Morgan fingerprint density at radius 3 is 2.53 bits per heavy atom. The minimum absolute atomic E-state index is 0.136. The Labute approximate surface area is 195 Å². The Bertz CT molecular complexity index is 1190. The normalized spacial score (nSPS) is 18.0. The van der Waals surface area contributed by atoms with E-state index in [0.29, 0.717) is 12.1 Å². The fraction of sp³-hybridized carbons (Fsp3) is 0.280. The Morgan fingerprint density at radius 1 is 1.16 bits per heavy atom. The average Bonchev–Trinajstić information content (AvgIpc) is 3.50. The Balaban J connectivity index is 1.88. The van der Waals surface area contributed by atoms with Gasteiger partial charge in [0.05, 0.1) is 19.2 Å². The lowest BCUT2D eigenvalue weighted by Gasteiger charge is -2.24. The summed E-state index contributed by atoms with van der Waals surface area (Å²) in [5.74, 6) is -0.511. The minimum atomic E-state index is -0.654. The molecule has 1 N–H and O–H groups in total. The molecule has 1 fully saturated rings. The van der Waals surface area contributed by atoms with Crippen LogP contribution in [-0.4, -0.2) is 28.8 Å². The maximum Gasteiger partial charge on any atom is 0.296 e. The van der Waals surface area contributed by atoms with Crippen molar-refractivity contribution < 1.29 is 19.4 Å². The molecule has 0 bridgehead atoms. The number of nitrogens with zero attached hydrogens (tertiary/aromatic N) is 1. The maximum absolute atomic E-state index is 13.2. The van der Waals surface area contributed by atoms with Crippen LogP contribution in [0.2, 0.25) is 0 Å². The molecule has 1 aliphatic rings. The van der Waals surface area contributed by atoms with Crippen molar-refractivity contribution in [3.05, 3.63) is 79.2 Å². The smallest absolute Gasteiger partial charge is 0.296 e. The molecule has 1 aromatic carbocycles. The second-order valence-electron chi connectivity index (χ2n) is 8.09. The summed E-state index contributed by atoms with van der Waals surface area (Å²) in [6, 6.07) is 10.6. The second-order valence-corrected chi connectivity index (χ2v) is 10.1. The number of Topliss-reactive ketones (excluding diaryl/α,β-unsaturated/α-hetero) is 1. The number of ketones is 1. The van der Waals surface area contributed by atoms with Crippen LogP contribution in [0.25, 0.3) is 5.76 Å². The highest BCUT2D eigenvalue weighted by Crippen LogP contribution is 2.44. The van der Waals surface area contributed by atoms with Crippen LogP contribution in [0.15, 0.2) is 52.7 Å². The number of rotatable bonds is 6. The van der Waals surface area contributed by atoms with Crippen LogP contribution < -0.4 is 4.74 Å². The molecule has 2 aromatic heterocycles. The molecule has 3 heterocycles. The van der Waals surface area contributed by atoms with Crippen molar-refractivity contribution in [2.24, 2.45) is 0 Å². The number of amides is 1. The van der Waals surface area contributed by atoms with Gasteiger partial charge < -0.3 is 14.7 Å². The highest BCUT2D eigenvalue weighted by molar-refractivity contribution is 7.10. The monoisotopic (exact) mass is 467 g/mol. The number of ether oxygens (including phenoxy) is 1. The molecule has 166 valence electrons. The summed E-state index contributed by atoms with van der Waals surface area (Å²) in [6.07, 6.45) is 0. The minimum Gasteiger partial charge on any atom is -0.507 e. The highest BCUT2D eigenvalue weighted by Gasteiger charge is 2.47. The lowest BCUT2D eigenvalue weighted by molar-refractivity contribution is -0.140. The van der Waals surface area contributed by atoms with E-state index in [9.17, 15) is 14.7 Å². The Hall–Kier alpha value is -2.90. The topological polar surface area (TPSA) is 66.8 Å². The number of aliphatic hydroxyl groups is 1. The van der Waals surface area contributed by atoms with Gasteiger partial charge in [-0.1, -0.05) is 19.9 Å².